The molecule has 1 aliphatic rings. The van der Waals surface area contributed by atoms with Gasteiger partial charge in [0.05, 0.1) is 17.5 Å². The molecule has 0 aliphatic carbocycles. The molecule has 0 saturated carbocycles. The van der Waals surface area contributed by atoms with Crippen LogP contribution in [0.5, 0.6) is 0 Å². The Balaban J connectivity index is 0.000000185. The third-order valence-corrected chi connectivity index (χ3v) is 1.62. The van der Waals surface area contributed by atoms with Crippen molar-refractivity contribution < 1.29 is 27.9 Å². The van der Waals surface area contributed by atoms with Crippen LogP contribution in [0.3, 0.4) is 0 Å². The lowest BCUT2D eigenvalue weighted by molar-refractivity contribution is -0.192. The summed E-state index contributed by atoms with van der Waals surface area (Å²) in [5.74, 6) is -2.95. The van der Waals surface area contributed by atoms with Gasteiger partial charge in [-0.1, -0.05) is 0 Å². The number of aliphatic carboxylic acids is 1. The minimum Gasteiger partial charge on any atom is -0.475 e. The van der Waals surface area contributed by atoms with Crippen LogP contribution in [-0.2, 0) is 4.79 Å². The standard InChI is InChI=1S/C7H4N2O.C2HF3O2/c10-7-5-2-1-3-8-6(5)4-9-7;3-2(4,5)1(6)7/h1-4H;(H,6,7). The molecular formula is C9H5F3N2O3. The Hall–Kier alpha value is -2.25. The van der Waals surface area contributed by atoms with Crippen LogP contribution in [0.1, 0.15) is 16.1 Å². The van der Waals surface area contributed by atoms with Gasteiger partial charge >= 0.3 is 12.1 Å². The molecule has 0 unspecified atom stereocenters. The number of carboxylic acids is 1. The zero-order valence-electron chi connectivity index (χ0n) is 8.10. The van der Waals surface area contributed by atoms with Crippen LogP contribution < -0.4 is 0 Å². The van der Waals surface area contributed by atoms with E-state index >= 15 is 0 Å². The molecule has 0 atom stereocenters. The number of pyridine rings is 1. The van der Waals surface area contributed by atoms with E-state index in [1.807, 2.05) is 0 Å². The summed E-state index contributed by atoms with van der Waals surface area (Å²) in [5.41, 5.74) is 1.27. The highest BCUT2D eigenvalue weighted by Crippen LogP contribution is 2.13. The highest BCUT2D eigenvalue weighted by Gasteiger charge is 2.38. The van der Waals surface area contributed by atoms with E-state index in [2.05, 4.69) is 9.98 Å². The van der Waals surface area contributed by atoms with E-state index < -0.39 is 12.1 Å². The van der Waals surface area contributed by atoms with Crippen LogP contribution in [0.15, 0.2) is 23.3 Å². The van der Waals surface area contributed by atoms with Crippen LogP contribution in [0, 0.1) is 0 Å². The summed E-state index contributed by atoms with van der Waals surface area (Å²) in [4.78, 5) is 27.2. The molecule has 2 rings (SSSR count). The number of aliphatic imine (C=N–C) groups is 1. The average Bonchev–Trinajstić information content (AvgIpc) is 2.61. The monoisotopic (exact) mass is 246 g/mol. The van der Waals surface area contributed by atoms with Crippen molar-refractivity contribution in [3.8, 4) is 0 Å². The maximum atomic E-state index is 10.8. The summed E-state index contributed by atoms with van der Waals surface area (Å²) in [6.45, 7) is 0. The number of carboxylic acid groups (broad SMARTS) is 1. The van der Waals surface area contributed by atoms with Crippen molar-refractivity contribution in [3.05, 3.63) is 29.6 Å². The Morgan fingerprint density at radius 2 is 1.94 bits per heavy atom. The summed E-state index contributed by atoms with van der Waals surface area (Å²) in [7, 11) is 0. The fourth-order valence-electron chi connectivity index (χ4n) is 0.891. The molecule has 2 heterocycles. The minimum atomic E-state index is -5.08. The van der Waals surface area contributed by atoms with Crippen molar-refractivity contribution in [2.24, 2.45) is 4.99 Å². The minimum absolute atomic E-state index is 0.192. The van der Waals surface area contributed by atoms with Crippen molar-refractivity contribution in [3.63, 3.8) is 0 Å². The van der Waals surface area contributed by atoms with Gasteiger partial charge in [0.15, 0.2) is 0 Å². The lowest BCUT2D eigenvalue weighted by Crippen LogP contribution is -2.21. The molecule has 1 amide bonds. The van der Waals surface area contributed by atoms with Crippen molar-refractivity contribution >= 4 is 18.1 Å². The number of rotatable bonds is 0. The zero-order chi connectivity index (χ0) is 13.1. The number of halogens is 3. The Morgan fingerprint density at radius 1 is 1.35 bits per heavy atom. The normalized spacial score (nSPS) is 12.8. The Kier molecular flexibility index (Phi) is 3.56. The Labute approximate surface area is 92.6 Å². The fourth-order valence-corrected chi connectivity index (χ4v) is 0.891. The van der Waals surface area contributed by atoms with E-state index in [1.165, 1.54) is 6.21 Å². The van der Waals surface area contributed by atoms with E-state index in [4.69, 9.17) is 9.90 Å². The molecule has 0 saturated heterocycles. The summed E-state index contributed by atoms with van der Waals surface area (Å²) in [6.07, 6.45) is -1.96. The van der Waals surface area contributed by atoms with E-state index in [1.54, 1.807) is 18.3 Å². The molecule has 0 bridgehead atoms. The molecule has 0 aromatic carbocycles. The number of amides is 1. The third kappa shape index (κ3) is 3.37. The third-order valence-electron chi connectivity index (χ3n) is 1.62. The number of carbonyl (C=O) groups excluding carboxylic acids is 1. The van der Waals surface area contributed by atoms with E-state index in [0.29, 0.717) is 11.3 Å². The zero-order valence-corrected chi connectivity index (χ0v) is 8.10. The maximum Gasteiger partial charge on any atom is 0.490 e. The smallest absolute Gasteiger partial charge is 0.475 e. The van der Waals surface area contributed by atoms with Gasteiger partial charge in [0.1, 0.15) is 0 Å². The number of aromatic nitrogens is 1. The first-order valence-corrected chi connectivity index (χ1v) is 4.16. The van der Waals surface area contributed by atoms with Gasteiger partial charge in [-0.2, -0.15) is 13.2 Å². The highest BCUT2D eigenvalue weighted by atomic mass is 19.4. The Morgan fingerprint density at radius 3 is 2.41 bits per heavy atom. The largest absolute Gasteiger partial charge is 0.490 e. The van der Waals surface area contributed by atoms with Crippen molar-refractivity contribution in [2.75, 3.05) is 0 Å². The number of hydrogen-bond acceptors (Lipinski definition) is 3. The van der Waals surface area contributed by atoms with Gasteiger partial charge in [0.25, 0.3) is 5.91 Å². The number of alkyl halides is 3. The van der Waals surface area contributed by atoms with Gasteiger partial charge in [0, 0.05) is 6.20 Å². The quantitative estimate of drug-likeness (QED) is 0.747. The molecule has 17 heavy (non-hydrogen) atoms. The fraction of sp³-hybridized carbons (Fsp3) is 0.111. The van der Waals surface area contributed by atoms with Crippen LogP contribution >= 0.6 is 0 Å². The van der Waals surface area contributed by atoms with E-state index in [0.717, 1.165) is 0 Å². The van der Waals surface area contributed by atoms with Gasteiger partial charge in [-0.05, 0) is 12.1 Å². The van der Waals surface area contributed by atoms with Gasteiger partial charge in [0.2, 0.25) is 0 Å². The predicted molar refractivity (Wildman–Crippen MR) is 49.9 cm³/mol. The van der Waals surface area contributed by atoms with Crippen molar-refractivity contribution in [1.82, 2.24) is 4.98 Å². The maximum absolute atomic E-state index is 10.8. The molecular weight excluding hydrogens is 241 g/mol. The molecule has 0 spiro atoms. The second kappa shape index (κ2) is 4.73. The molecule has 1 aromatic heterocycles. The van der Waals surface area contributed by atoms with Crippen molar-refractivity contribution in [2.45, 2.75) is 6.18 Å². The number of carbonyl (C=O) groups is 2. The summed E-state index contributed by atoms with van der Waals surface area (Å²) < 4.78 is 31.7. The molecule has 1 N–H and O–H groups in total. The average molecular weight is 246 g/mol. The van der Waals surface area contributed by atoms with Crippen LogP contribution in [-0.4, -0.2) is 34.4 Å². The number of hydrogen-bond donors (Lipinski definition) is 1. The second-order valence-corrected chi connectivity index (χ2v) is 2.80. The SMILES string of the molecule is O=C(O)C(F)(F)F.O=C1N=Cc2ncccc21. The molecule has 0 radical (unpaired) electrons. The summed E-state index contributed by atoms with van der Waals surface area (Å²) >= 11 is 0. The molecule has 1 aromatic rings. The van der Waals surface area contributed by atoms with E-state index in [9.17, 15) is 18.0 Å². The molecule has 5 nitrogen and oxygen atoms in total. The summed E-state index contributed by atoms with van der Waals surface area (Å²) in [5, 5.41) is 7.12. The number of nitrogens with zero attached hydrogens (tertiary/aromatic N) is 2. The highest BCUT2D eigenvalue weighted by molar-refractivity contribution is 6.11. The topological polar surface area (TPSA) is 79.6 Å². The van der Waals surface area contributed by atoms with Crippen molar-refractivity contribution in [1.29, 1.82) is 0 Å². The van der Waals surface area contributed by atoms with Crippen LogP contribution in [0.4, 0.5) is 13.2 Å². The second-order valence-electron chi connectivity index (χ2n) is 2.80. The molecule has 8 heteroatoms. The summed E-state index contributed by atoms with van der Waals surface area (Å²) in [6, 6.07) is 3.45. The van der Waals surface area contributed by atoms with Gasteiger partial charge in [-0.3, -0.25) is 9.78 Å². The van der Waals surface area contributed by atoms with E-state index in [-0.39, 0.29) is 5.91 Å². The van der Waals surface area contributed by atoms with Gasteiger partial charge in [-0.25, -0.2) is 9.79 Å². The first-order valence-electron chi connectivity index (χ1n) is 4.16. The molecule has 90 valence electrons. The molecule has 0 fully saturated rings. The molecule has 1 aliphatic heterocycles. The first-order chi connectivity index (χ1) is 7.82. The Bertz CT molecular complexity index is 483. The van der Waals surface area contributed by atoms with Crippen LogP contribution in [0.2, 0.25) is 0 Å². The predicted octanol–water partition coefficient (Wildman–Crippen LogP) is 1.29. The lowest BCUT2D eigenvalue weighted by atomic mass is 10.2. The van der Waals surface area contributed by atoms with Crippen LogP contribution in [0.25, 0.3) is 0 Å². The van der Waals surface area contributed by atoms with Gasteiger partial charge in [-0.15, -0.1) is 0 Å². The lowest BCUT2D eigenvalue weighted by Gasteiger charge is -1.93. The van der Waals surface area contributed by atoms with Gasteiger partial charge < -0.3 is 5.11 Å². The number of fused-ring (bicyclic) bond motifs is 1. The first kappa shape index (κ1) is 12.8.